The third-order valence-corrected chi connectivity index (χ3v) is 4.40. The van der Waals surface area contributed by atoms with Crippen molar-refractivity contribution in [2.24, 2.45) is 0 Å². The van der Waals surface area contributed by atoms with Gasteiger partial charge in [-0.25, -0.2) is 17.6 Å². The summed E-state index contributed by atoms with van der Waals surface area (Å²) in [6, 6.07) is 8.75. The smallest absolute Gasteiger partial charge is 0.335 e. The molecular weight excluding hydrogens is 365 g/mol. The molecule has 2 rings (SSSR count). The van der Waals surface area contributed by atoms with E-state index in [0.29, 0.717) is 4.47 Å². The topological polar surface area (TPSA) is 83.5 Å². The molecular formula is C13H9BrFNO4S. The Morgan fingerprint density at radius 3 is 2.48 bits per heavy atom. The van der Waals surface area contributed by atoms with Crippen LogP contribution in [0.1, 0.15) is 10.4 Å². The minimum atomic E-state index is -4.14. The highest BCUT2D eigenvalue weighted by molar-refractivity contribution is 9.10. The zero-order chi connectivity index (χ0) is 15.6. The van der Waals surface area contributed by atoms with Gasteiger partial charge in [-0.1, -0.05) is 28.1 Å². The van der Waals surface area contributed by atoms with Gasteiger partial charge in [0, 0.05) is 4.47 Å². The van der Waals surface area contributed by atoms with E-state index in [1.165, 1.54) is 24.3 Å². The number of rotatable bonds is 4. The fourth-order valence-corrected chi connectivity index (χ4v) is 3.26. The fraction of sp³-hybridized carbons (Fsp3) is 0. The van der Waals surface area contributed by atoms with Gasteiger partial charge in [-0.05, 0) is 30.3 Å². The Kier molecular flexibility index (Phi) is 4.29. The number of hydrogen-bond donors (Lipinski definition) is 2. The van der Waals surface area contributed by atoms with Gasteiger partial charge in [0.2, 0.25) is 0 Å². The van der Waals surface area contributed by atoms with Gasteiger partial charge < -0.3 is 5.11 Å². The van der Waals surface area contributed by atoms with Crippen molar-refractivity contribution in [1.29, 1.82) is 0 Å². The predicted octanol–water partition coefficient (Wildman–Crippen LogP) is 3.09. The Hall–Kier alpha value is -1.93. The molecule has 2 N–H and O–H groups in total. The number of benzene rings is 2. The predicted molar refractivity (Wildman–Crippen MR) is 78.3 cm³/mol. The van der Waals surface area contributed by atoms with E-state index in [9.17, 15) is 17.6 Å². The summed E-state index contributed by atoms with van der Waals surface area (Å²) in [6.07, 6.45) is 0. The largest absolute Gasteiger partial charge is 0.478 e. The van der Waals surface area contributed by atoms with Crippen LogP contribution in [0.3, 0.4) is 0 Å². The van der Waals surface area contributed by atoms with Crippen molar-refractivity contribution in [2.45, 2.75) is 4.90 Å². The van der Waals surface area contributed by atoms with Gasteiger partial charge in [-0.15, -0.1) is 0 Å². The molecule has 0 saturated carbocycles. The number of carbonyl (C=O) groups is 1. The molecule has 0 fully saturated rings. The number of aromatic carboxylic acids is 1. The number of halogens is 2. The number of anilines is 1. The fourth-order valence-electron chi connectivity index (χ4n) is 1.64. The van der Waals surface area contributed by atoms with Crippen LogP contribution < -0.4 is 4.72 Å². The Morgan fingerprint density at radius 2 is 1.86 bits per heavy atom. The highest BCUT2D eigenvalue weighted by atomic mass is 79.9. The Bertz CT molecular complexity index is 808. The minimum Gasteiger partial charge on any atom is -0.478 e. The quantitative estimate of drug-likeness (QED) is 0.862. The molecule has 0 atom stereocenters. The second-order valence-electron chi connectivity index (χ2n) is 4.07. The summed E-state index contributed by atoms with van der Waals surface area (Å²) in [4.78, 5) is 10.4. The molecule has 110 valence electrons. The minimum absolute atomic E-state index is 0.0185. The van der Waals surface area contributed by atoms with E-state index in [0.717, 1.165) is 18.2 Å². The first-order valence-corrected chi connectivity index (χ1v) is 7.88. The highest BCUT2D eigenvalue weighted by Gasteiger charge is 2.19. The summed E-state index contributed by atoms with van der Waals surface area (Å²) in [7, 11) is -4.14. The third kappa shape index (κ3) is 3.59. The molecule has 0 saturated heterocycles. The molecule has 5 nitrogen and oxygen atoms in total. The van der Waals surface area contributed by atoms with E-state index in [1.807, 2.05) is 0 Å². The molecule has 0 aliphatic carbocycles. The van der Waals surface area contributed by atoms with Gasteiger partial charge >= 0.3 is 5.97 Å². The SMILES string of the molecule is O=C(O)c1cc(Br)cc(NS(=O)(=O)c2ccccc2F)c1. The van der Waals surface area contributed by atoms with E-state index in [-0.39, 0.29) is 11.3 Å². The summed E-state index contributed by atoms with van der Waals surface area (Å²) in [5.41, 5.74) is -0.0827. The van der Waals surface area contributed by atoms with Gasteiger partial charge in [0.05, 0.1) is 11.3 Å². The zero-order valence-corrected chi connectivity index (χ0v) is 12.8. The van der Waals surface area contributed by atoms with Crippen molar-refractivity contribution in [1.82, 2.24) is 0 Å². The summed E-state index contributed by atoms with van der Waals surface area (Å²) >= 11 is 3.09. The van der Waals surface area contributed by atoms with Crippen molar-refractivity contribution >= 4 is 37.6 Å². The first-order valence-electron chi connectivity index (χ1n) is 5.61. The number of sulfonamides is 1. The molecule has 0 unspecified atom stereocenters. The lowest BCUT2D eigenvalue weighted by molar-refractivity contribution is 0.0697. The van der Waals surface area contributed by atoms with Crippen molar-refractivity contribution < 1.29 is 22.7 Å². The van der Waals surface area contributed by atoms with Crippen molar-refractivity contribution in [3.05, 3.63) is 58.3 Å². The van der Waals surface area contributed by atoms with Crippen LogP contribution in [0.2, 0.25) is 0 Å². The van der Waals surface area contributed by atoms with Crippen molar-refractivity contribution in [3.8, 4) is 0 Å². The zero-order valence-electron chi connectivity index (χ0n) is 10.4. The Balaban J connectivity index is 2.42. The molecule has 0 aromatic heterocycles. The first-order chi connectivity index (χ1) is 9.79. The molecule has 21 heavy (non-hydrogen) atoms. The maximum absolute atomic E-state index is 13.6. The first kappa shape index (κ1) is 15.5. The average molecular weight is 374 g/mol. The monoisotopic (exact) mass is 373 g/mol. The summed E-state index contributed by atoms with van der Waals surface area (Å²) < 4.78 is 40.3. The highest BCUT2D eigenvalue weighted by Crippen LogP contribution is 2.23. The Morgan fingerprint density at radius 1 is 1.19 bits per heavy atom. The van der Waals surface area contributed by atoms with Gasteiger partial charge in [-0.3, -0.25) is 4.72 Å². The number of nitrogens with one attached hydrogen (secondary N) is 1. The molecule has 2 aromatic rings. The number of carboxylic acids is 1. The molecule has 2 aromatic carbocycles. The third-order valence-electron chi connectivity index (χ3n) is 2.52. The van der Waals surface area contributed by atoms with Crippen LogP contribution in [0.25, 0.3) is 0 Å². The lowest BCUT2D eigenvalue weighted by Crippen LogP contribution is -2.15. The molecule has 0 radical (unpaired) electrons. The Labute approximate surface area is 128 Å². The van der Waals surface area contributed by atoms with Crippen molar-refractivity contribution in [2.75, 3.05) is 4.72 Å². The van der Waals surface area contributed by atoms with Crippen LogP contribution in [-0.2, 0) is 10.0 Å². The van der Waals surface area contributed by atoms with E-state index >= 15 is 0 Å². The molecule has 0 spiro atoms. The summed E-state index contributed by atoms with van der Waals surface area (Å²) in [5, 5.41) is 8.94. The van der Waals surface area contributed by atoms with Crippen LogP contribution in [0.4, 0.5) is 10.1 Å². The van der Waals surface area contributed by atoms with Gasteiger partial charge in [0.1, 0.15) is 10.7 Å². The molecule has 0 aliphatic rings. The van der Waals surface area contributed by atoms with Crippen LogP contribution in [0.5, 0.6) is 0 Å². The number of carboxylic acid groups (broad SMARTS) is 1. The summed E-state index contributed by atoms with van der Waals surface area (Å²) in [6.45, 7) is 0. The van der Waals surface area contributed by atoms with Gasteiger partial charge in [0.25, 0.3) is 10.0 Å². The molecule has 0 bridgehead atoms. The second-order valence-corrected chi connectivity index (χ2v) is 6.64. The van der Waals surface area contributed by atoms with E-state index in [4.69, 9.17) is 5.11 Å². The maximum atomic E-state index is 13.6. The molecule has 0 aliphatic heterocycles. The van der Waals surface area contributed by atoms with Crippen LogP contribution >= 0.6 is 15.9 Å². The second kappa shape index (κ2) is 5.82. The lowest BCUT2D eigenvalue weighted by Gasteiger charge is -2.10. The van der Waals surface area contributed by atoms with E-state index in [2.05, 4.69) is 20.7 Å². The van der Waals surface area contributed by atoms with Crippen molar-refractivity contribution in [3.63, 3.8) is 0 Å². The van der Waals surface area contributed by atoms with Gasteiger partial charge in [0.15, 0.2) is 0 Å². The molecule has 0 amide bonds. The van der Waals surface area contributed by atoms with Crippen LogP contribution in [0, 0.1) is 5.82 Å². The van der Waals surface area contributed by atoms with E-state index < -0.39 is 26.7 Å². The normalized spacial score (nSPS) is 11.1. The van der Waals surface area contributed by atoms with Crippen LogP contribution in [-0.4, -0.2) is 19.5 Å². The van der Waals surface area contributed by atoms with E-state index in [1.54, 1.807) is 0 Å². The number of hydrogen-bond acceptors (Lipinski definition) is 3. The molecule has 8 heteroatoms. The average Bonchev–Trinajstić information content (AvgIpc) is 2.37. The molecule has 0 heterocycles. The standard InChI is InChI=1S/C13H9BrFNO4S/c14-9-5-8(13(17)18)6-10(7-9)16-21(19,20)12-4-2-1-3-11(12)15/h1-7,16H,(H,17,18). The summed E-state index contributed by atoms with van der Waals surface area (Å²) in [5.74, 6) is -2.10. The van der Waals surface area contributed by atoms with Gasteiger partial charge in [-0.2, -0.15) is 0 Å². The maximum Gasteiger partial charge on any atom is 0.335 e. The lowest BCUT2D eigenvalue weighted by atomic mass is 10.2. The van der Waals surface area contributed by atoms with Crippen LogP contribution in [0.15, 0.2) is 51.8 Å².